The van der Waals surface area contributed by atoms with E-state index in [2.05, 4.69) is 53.9 Å². The van der Waals surface area contributed by atoms with E-state index in [1.54, 1.807) is 4.90 Å². The van der Waals surface area contributed by atoms with Crippen LogP contribution in [0.15, 0.2) is 36.0 Å². The van der Waals surface area contributed by atoms with Crippen molar-refractivity contribution in [1.29, 1.82) is 0 Å². The fraction of sp³-hybridized carbons (Fsp3) is 0.655. The molecule has 0 spiro atoms. The number of aliphatic hydroxyl groups is 1. The molecule has 2 amide bonds. The van der Waals surface area contributed by atoms with Gasteiger partial charge in [0.1, 0.15) is 5.70 Å². The first-order chi connectivity index (χ1) is 17.5. The third-order valence-corrected chi connectivity index (χ3v) is 7.55. The van der Waals surface area contributed by atoms with Crippen LogP contribution in [0.5, 0.6) is 0 Å². The minimum absolute atomic E-state index is 0.0382. The number of amides is 2. The number of hydrogen-bond acceptors (Lipinski definition) is 5. The molecule has 0 aromatic heterocycles. The molecule has 1 aliphatic carbocycles. The third kappa shape index (κ3) is 7.10. The number of benzene rings is 1. The highest BCUT2D eigenvalue weighted by molar-refractivity contribution is 5.96. The Balaban J connectivity index is 0.00000176. The van der Waals surface area contributed by atoms with Gasteiger partial charge in [-0.15, -0.1) is 0 Å². The predicted octanol–water partition coefficient (Wildman–Crippen LogP) is 4.22. The SMILES string of the molecule is CC.CCCCCC1CN(CC(=O)NC2CCC(CO)CC2)C(=O)C2=CC(c3ccc(C)cc3)NN21. The van der Waals surface area contributed by atoms with Crippen LogP contribution < -0.4 is 10.7 Å². The zero-order valence-electron chi connectivity index (χ0n) is 22.6. The maximum atomic E-state index is 13.4. The summed E-state index contributed by atoms with van der Waals surface area (Å²) in [5.74, 6) is 0.200. The molecule has 2 fully saturated rings. The van der Waals surface area contributed by atoms with Gasteiger partial charge in [-0.05, 0) is 56.6 Å². The lowest BCUT2D eigenvalue weighted by Crippen LogP contribution is -2.58. The number of hydrogen-bond donors (Lipinski definition) is 3. The van der Waals surface area contributed by atoms with E-state index in [9.17, 15) is 14.7 Å². The zero-order valence-corrected chi connectivity index (χ0v) is 22.6. The Kier molecular flexibility index (Phi) is 10.8. The number of hydrazine groups is 1. The second-order valence-electron chi connectivity index (χ2n) is 10.2. The predicted molar refractivity (Wildman–Crippen MR) is 144 cm³/mol. The summed E-state index contributed by atoms with van der Waals surface area (Å²) in [4.78, 5) is 28.0. The second kappa shape index (κ2) is 13.8. The third-order valence-electron chi connectivity index (χ3n) is 7.55. The minimum Gasteiger partial charge on any atom is -0.396 e. The molecule has 1 aromatic carbocycles. The summed E-state index contributed by atoms with van der Waals surface area (Å²) in [5.41, 5.74) is 6.56. The fourth-order valence-electron chi connectivity index (χ4n) is 5.42. The number of fused-ring (bicyclic) bond motifs is 1. The Morgan fingerprint density at radius 3 is 2.44 bits per heavy atom. The molecule has 2 unspecified atom stereocenters. The molecular weight excluding hydrogens is 452 g/mol. The van der Waals surface area contributed by atoms with E-state index in [-0.39, 0.29) is 43.1 Å². The van der Waals surface area contributed by atoms with Crippen molar-refractivity contribution in [2.45, 2.75) is 97.2 Å². The van der Waals surface area contributed by atoms with Gasteiger partial charge in [-0.3, -0.25) is 14.6 Å². The number of unbranched alkanes of at least 4 members (excludes halogenated alkanes) is 2. The lowest BCUT2D eigenvalue weighted by Gasteiger charge is -2.41. The molecule has 4 rings (SSSR count). The molecule has 3 N–H and O–H groups in total. The highest BCUT2D eigenvalue weighted by atomic mass is 16.3. The van der Waals surface area contributed by atoms with Gasteiger partial charge in [0.25, 0.3) is 5.91 Å². The fourth-order valence-corrected chi connectivity index (χ4v) is 5.42. The molecule has 1 saturated carbocycles. The van der Waals surface area contributed by atoms with Gasteiger partial charge in [0.15, 0.2) is 0 Å². The minimum atomic E-state index is -0.0804. The van der Waals surface area contributed by atoms with Crippen LogP contribution in [-0.2, 0) is 9.59 Å². The summed E-state index contributed by atoms with van der Waals surface area (Å²) in [6.45, 7) is 9.15. The first kappa shape index (κ1) is 28.2. The number of carbonyl (C=O) groups excluding carboxylic acids is 2. The van der Waals surface area contributed by atoms with Crippen molar-refractivity contribution in [2.24, 2.45) is 5.92 Å². The Morgan fingerprint density at radius 2 is 1.81 bits per heavy atom. The van der Waals surface area contributed by atoms with Crippen molar-refractivity contribution < 1.29 is 14.7 Å². The summed E-state index contributed by atoms with van der Waals surface area (Å²) in [6.07, 6.45) is 10.1. The maximum absolute atomic E-state index is 13.4. The van der Waals surface area contributed by atoms with Crippen molar-refractivity contribution in [3.05, 3.63) is 47.2 Å². The van der Waals surface area contributed by atoms with Gasteiger partial charge < -0.3 is 15.3 Å². The van der Waals surface area contributed by atoms with Crippen LogP contribution in [0, 0.1) is 12.8 Å². The Labute approximate surface area is 217 Å². The van der Waals surface area contributed by atoms with E-state index in [0.717, 1.165) is 56.9 Å². The van der Waals surface area contributed by atoms with Gasteiger partial charge in [0.05, 0.1) is 18.6 Å². The Hall–Kier alpha value is -2.38. The van der Waals surface area contributed by atoms with Crippen LogP contribution in [0.3, 0.4) is 0 Å². The Bertz CT molecular complexity index is 877. The van der Waals surface area contributed by atoms with Crippen LogP contribution in [0.25, 0.3) is 0 Å². The summed E-state index contributed by atoms with van der Waals surface area (Å²) in [5, 5.41) is 14.5. The van der Waals surface area contributed by atoms with Crippen molar-refractivity contribution >= 4 is 11.8 Å². The molecule has 3 aliphatic rings. The number of rotatable bonds is 9. The summed E-state index contributed by atoms with van der Waals surface area (Å²) >= 11 is 0. The van der Waals surface area contributed by atoms with Crippen LogP contribution in [-0.4, -0.2) is 58.6 Å². The molecule has 36 heavy (non-hydrogen) atoms. The van der Waals surface area contributed by atoms with Crippen LogP contribution >= 0.6 is 0 Å². The smallest absolute Gasteiger partial charge is 0.271 e. The quantitative estimate of drug-likeness (QED) is 0.444. The summed E-state index contributed by atoms with van der Waals surface area (Å²) in [7, 11) is 0. The lowest BCUT2D eigenvalue weighted by atomic mass is 9.86. The van der Waals surface area contributed by atoms with Gasteiger partial charge in [0, 0.05) is 19.2 Å². The molecule has 2 atom stereocenters. The highest BCUT2D eigenvalue weighted by Gasteiger charge is 2.41. The van der Waals surface area contributed by atoms with Crippen molar-refractivity contribution in [2.75, 3.05) is 19.7 Å². The standard InChI is InChI=1S/C27H40N4O3.C2H6/c1-3-4-5-6-23-16-30(17-26(33)28-22-13-9-20(18-32)10-14-22)27(34)25-15-24(29-31(23)25)21-11-7-19(2)8-12-21;1-2/h7-8,11-12,15,20,22-24,29,32H,3-6,9-10,13-14,16-18H2,1-2H3,(H,28,33);1-2H3. The van der Waals surface area contributed by atoms with E-state index < -0.39 is 0 Å². The number of aliphatic hydroxyl groups excluding tert-OH is 1. The van der Waals surface area contributed by atoms with Gasteiger partial charge in [-0.2, -0.15) is 0 Å². The molecule has 0 radical (unpaired) electrons. The molecule has 1 saturated heterocycles. The first-order valence-electron chi connectivity index (χ1n) is 14.0. The average molecular weight is 499 g/mol. The lowest BCUT2D eigenvalue weighted by molar-refractivity contribution is -0.139. The largest absolute Gasteiger partial charge is 0.396 e. The first-order valence-corrected chi connectivity index (χ1v) is 14.0. The molecule has 7 heteroatoms. The topological polar surface area (TPSA) is 84.9 Å². The highest BCUT2D eigenvalue weighted by Crippen LogP contribution is 2.32. The zero-order chi connectivity index (χ0) is 26.1. The molecule has 200 valence electrons. The monoisotopic (exact) mass is 498 g/mol. The number of carbonyl (C=O) groups is 2. The van der Waals surface area contributed by atoms with E-state index >= 15 is 0 Å². The molecular formula is C29H46N4O3. The second-order valence-corrected chi connectivity index (χ2v) is 10.2. The number of piperazine rings is 1. The number of aryl methyl sites for hydroxylation is 1. The molecule has 2 heterocycles. The number of nitrogens with one attached hydrogen (secondary N) is 2. The van der Waals surface area contributed by atoms with Gasteiger partial charge in [-0.25, -0.2) is 5.43 Å². The van der Waals surface area contributed by atoms with Crippen molar-refractivity contribution in [3.8, 4) is 0 Å². The average Bonchev–Trinajstić information content (AvgIpc) is 3.35. The molecule has 1 aromatic rings. The molecule has 7 nitrogen and oxygen atoms in total. The summed E-state index contributed by atoms with van der Waals surface area (Å²) in [6, 6.07) is 8.66. The van der Waals surface area contributed by atoms with Gasteiger partial charge >= 0.3 is 0 Å². The van der Waals surface area contributed by atoms with Crippen molar-refractivity contribution in [1.82, 2.24) is 20.7 Å². The van der Waals surface area contributed by atoms with E-state index in [1.807, 2.05) is 19.9 Å². The van der Waals surface area contributed by atoms with Crippen molar-refractivity contribution in [3.63, 3.8) is 0 Å². The van der Waals surface area contributed by atoms with E-state index in [4.69, 9.17) is 0 Å². The van der Waals surface area contributed by atoms with Gasteiger partial charge in [-0.1, -0.05) is 69.9 Å². The van der Waals surface area contributed by atoms with E-state index in [0.29, 0.717) is 18.2 Å². The number of nitrogens with zero attached hydrogens (tertiary/aromatic N) is 2. The maximum Gasteiger partial charge on any atom is 0.271 e. The Morgan fingerprint density at radius 1 is 1.11 bits per heavy atom. The van der Waals surface area contributed by atoms with E-state index in [1.165, 1.54) is 5.56 Å². The van der Waals surface area contributed by atoms with Crippen LogP contribution in [0.2, 0.25) is 0 Å². The normalized spacial score (nSPS) is 25.6. The van der Waals surface area contributed by atoms with Crippen LogP contribution in [0.4, 0.5) is 0 Å². The van der Waals surface area contributed by atoms with Gasteiger partial charge in [0.2, 0.25) is 5.91 Å². The summed E-state index contributed by atoms with van der Waals surface area (Å²) < 4.78 is 0. The molecule has 0 bridgehead atoms. The van der Waals surface area contributed by atoms with Crippen LogP contribution in [0.1, 0.15) is 89.3 Å². The molecule has 2 aliphatic heterocycles.